The Hall–Kier alpha value is -2.36. The largest absolute Gasteiger partial charge is 0.316 e. The van der Waals surface area contributed by atoms with Crippen LogP contribution in [0.2, 0.25) is 10.0 Å². The average Bonchev–Trinajstić information content (AvgIpc) is 2.57. The van der Waals surface area contributed by atoms with E-state index in [0.29, 0.717) is 5.56 Å². The van der Waals surface area contributed by atoms with Crippen LogP contribution in [0.25, 0.3) is 11.0 Å². The number of aromatic amines is 2. The molecule has 8 nitrogen and oxygen atoms in total. The lowest BCUT2D eigenvalue weighted by atomic mass is 10.2. The van der Waals surface area contributed by atoms with Gasteiger partial charge in [-0.25, -0.2) is 8.42 Å². The van der Waals surface area contributed by atoms with Crippen molar-refractivity contribution in [3.8, 4) is 0 Å². The van der Waals surface area contributed by atoms with Gasteiger partial charge in [0.25, 0.3) is 0 Å². The van der Waals surface area contributed by atoms with Gasteiger partial charge in [-0.1, -0.05) is 29.3 Å². The Labute approximate surface area is 157 Å². The molecule has 11 heteroatoms. The number of pyridine rings is 1. The molecule has 0 radical (unpaired) electrons. The fourth-order valence-corrected chi connectivity index (χ4v) is 3.84. The van der Waals surface area contributed by atoms with Crippen molar-refractivity contribution in [2.45, 2.75) is 6.54 Å². The molecule has 0 bridgehead atoms. The number of nitrogens with zero attached hydrogens (tertiary/aromatic N) is 2. The van der Waals surface area contributed by atoms with Crippen LogP contribution < -0.4 is 15.4 Å². The van der Waals surface area contributed by atoms with Crippen LogP contribution in [0.4, 0.5) is 5.69 Å². The number of anilines is 1. The second kappa shape index (κ2) is 6.75. The molecule has 0 saturated carbocycles. The molecule has 2 N–H and O–H groups in total. The molecular weight excluding hydrogens is 403 g/mol. The molecule has 0 atom stereocenters. The van der Waals surface area contributed by atoms with Crippen LogP contribution in [-0.4, -0.2) is 29.6 Å². The van der Waals surface area contributed by atoms with E-state index in [1.54, 1.807) is 18.3 Å². The number of halogens is 2. The second-order valence-corrected chi connectivity index (χ2v) is 8.17. The number of aromatic nitrogens is 3. The molecule has 3 aromatic rings. The minimum Gasteiger partial charge on any atom is -0.316 e. The SMILES string of the molecule is CS(=O)(=O)N(Cc1cccnc1)c1c(Cl)c(Cl)cc2[nH]c(=O)c(=O)[nH]c12. The average molecular weight is 415 g/mol. The summed E-state index contributed by atoms with van der Waals surface area (Å²) in [5, 5.41) is -0.0483. The van der Waals surface area contributed by atoms with Crippen LogP contribution in [0.15, 0.2) is 40.2 Å². The van der Waals surface area contributed by atoms with Gasteiger partial charge in [0.15, 0.2) is 0 Å². The van der Waals surface area contributed by atoms with Gasteiger partial charge in [-0.15, -0.1) is 0 Å². The van der Waals surface area contributed by atoms with E-state index in [0.717, 1.165) is 10.6 Å². The van der Waals surface area contributed by atoms with Crippen LogP contribution in [0, 0.1) is 0 Å². The van der Waals surface area contributed by atoms with Crippen LogP contribution >= 0.6 is 23.2 Å². The maximum absolute atomic E-state index is 12.4. The summed E-state index contributed by atoms with van der Waals surface area (Å²) in [5.74, 6) is 0. The first-order chi connectivity index (χ1) is 12.2. The molecule has 3 rings (SSSR count). The van der Waals surface area contributed by atoms with Crippen molar-refractivity contribution >= 4 is 49.9 Å². The number of benzene rings is 1. The number of sulfonamides is 1. The van der Waals surface area contributed by atoms with E-state index < -0.39 is 21.1 Å². The Kier molecular flexibility index (Phi) is 4.78. The summed E-state index contributed by atoms with van der Waals surface area (Å²) in [6.07, 6.45) is 4.05. The van der Waals surface area contributed by atoms with Crippen molar-refractivity contribution in [1.29, 1.82) is 0 Å². The Bertz CT molecular complexity index is 1210. The van der Waals surface area contributed by atoms with Crippen LogP contribution in [0.3, 0.4) is 0 Å². The highest BCUT2D eigenvalue weighted by Gasteiger charge is 2.25. The van der Waals surface area contributed by atoms with E-state index in [2.05, 4.69) is 15.0 Å². The van der Waals surface area contributed by atoms with E-state index in [1.165, 1.54) is 12.3 Å². The molecule has 0 amide bonds. The zero-order valence-corrected chi connectivity index (χ0v) is 15.6. The number of hydrogen-bond donors (Lipinski definition) is 2. The number of hydrogen-bond acceptors (Lipinski definition) is 5. The fraction of sp³-hybridized carbons (Fsp3) is 0.133. The highest BCUT2D eigenvalue weighted by Crippen LogP contribution is 2.39. The van der Waals surface area contributed by atoms with Crippen LogP contribution in [0.5, 0.6) is 0 Å². The molecule has 0 aliphatic carbocycles. The Morgan fingerprint density at radius 1 is 1.19 bits per heavy atom. The molecule has 0 unspecified atom stereocenters. The predicted molar refractivity (Wildman–Crippen MR) is 100 cm³/mol. The molecule has 0 fully saturated rings. The molecule has 136 valence electrons. The topological polar surface area (TPSA) is 116 Å². The monoisotopic (exact) mass is 414 g/mol. The molecule has 0 aliphatic heterocycles. The third-order valence-corrected chi connectivity index (χ3v) is 5.48. The molecular formula is C15H12Cl2N4O4S. The first-order valence-electron chi connectivity index (χ1n) is 7.19. The van der Waals surface area contributed by atoms with Gasteiger partial charge in [-0.2, -0.15) is 0 Å². The molecule has 0 spiro atoms. The third-order valence-electron chi connectivity index (χ3n) is 3.59. The molecule has 2 heterocycles. The lowest BCUT2D eigenvalue weighted by Crippen LogP contribution is -2.33. The van der Waals surface area contributed by atoms with Gasteiger partial charge in [-0.3, -0.25) is 18.9 Å². The summed E-state index contributed by atoms with van der Waals surface area (Å²) in [6, 6.07) is 4.69. The van der Waals surface area contributed by atoms with Gasteiger partial charge in [-0.05, 0) is 17.7 Å². The summed E-state index contributed by atoms with van der Waals surface area (Å²) in [4.78, 5) is 32.0. The number of nitrogens with one attached hydrogen (secondary N) is 2. The van der Waals surface area contributed by atoms with Gasteiger partial charge < -0.3 is 9.97 Å². The number of fused-ring (bicyclic) bond motifs is 1. The quantitative estimate of drug-likeness (QED) is 0.632. The molecule has 2 aromatic heterocycles. The summed E-state index contributed by atoms with van der Waals surface area (Å²) in [7, 11) is -3.82. The van der Waals surface area contributed by atoms with Gasteiger partial charge in [0.05, 0.1) is 39.6 Å². The van der Waals surface area contributed by atoms with Crippen molar-refractivity contribution in [3.05, 3.63) is 66.9 Å². The molecule has 0 aliphatic rings. The summed E-state index contributed by atoms with van der Waals surface area (Å²) in [5.41, 5.74) is -1.06. The van der Waals surface area contributed by atoms with Crippen molar-refractivity contribution < 1.29 is 8.42 Å². The van der Waals surface area contributed by atoms with Gasteiger partial charge >= 0.3 is 11.1 Å². The normalized spacial score (nSPS) is 11.7. The van der Waals surface area contributed by atoms with Crippen LogP contribution in [0.1, 0.15) is 5.56 Å². The minimum absolute atomic E-state index is 0.0247. The Morgan fingerprint density at radius 3 is 2.50 bits per heavy atom. The zero-order valence-electron chi connectivity index (χ0n) is 13.3. The summed E-state index contributed by atoms with van der Waals surface area (Å²) >= 11 is 12.4. The zero-order chi connectivity index (χ0) is 19.1. The second-order valence-electron chi connectivity index (χ2n) is 5.48. The third kappa shape index (κ3) is 3.46. The number of rotatable bonds is 4. The minimum atomic E-state index is -3.82. The maximum atomic E-state index is 12.4. The van der Waals surface area contributed by atoms with E-state index in [9.17, 15) is 18.0 Å². The van der Waals surface area contributed by atoms with Crippen molar-refractivity contribution in [2.24, 2.45) is 0 Å². The highest BCUT2D eigenvalue weighted by molar-refractivity contribution is 7.92. The van der Waals surface area contributed by atoms with Crippen molar-refractivity contribution in [3.63, 3.8) is 0 Å². The standard InChI is InChI=1S/C15H12Cl2N4O4S/c1-26(24,25)21(7-8-3-2-4-18-6-8)13-11(17)9(16)5-10-12(13)20-15(23)14(22)19-10/h2-6H,7H2,1H3,(H,19,22)(H,20,23). The summed E-state index contributed by atoms with van der Waals surface area (Å²) in [6.45, 7) is -0.0943. The molecule has 0 saturated heterocycles. The van der Waals surface area contributed by atoms with Gasteiger partial charge in [0.1, 0.15) is 0 Å². The van der Waals surface area contributed by atoms with E-state index in [-0.39, 0.29) is 33.3 Å². The first-order valence-corrected chi connectivity index (χ1v) is 9.80. The van der Waals surface area contributed by atoms with Crippen molar-refractivity contribution in [2.75, 3.05) is 10.6 Å². The maximum Gasteiger partial charge on any atom is 0.314 e. The van der Waals surface area contributed by atoms with Gasteiger partial charge in [0, 0.05) is 12.4 Å². The fourth-order valence-electron chi connectivity index (χ4n) is 2.44. The van der Waals surface area contributed by atoms with Crippen molar-refractivity contribution in [1.82, 2.24) is 15.0 Å². The first kappa shape index (κ1) is 18.4. The molecule has 1 aromatic carbocycles. The lowest BCUT2D eigenvalue weighted by molar-refractivity contribution is 0.596. The van der Waals surface area contributed by atoms with Crippen LogP contribution in [-0.2, 0) is 16.6 Å². The van der Waals surface area contributed by atoms with E-state index in [1.807, 2.05) is 0 Å². The smallest absolute Gasteiger partial charge is 0.314 e. The number of H-pyrrole nitrogens is 2. The van der Waals surface area contributed by atoms with Gasteiger partial charge in [0.2, 0.25) is 10.0 Å². The highest BCUT2D eigenvalue weighted by atomic mass is 35.5. The Morgan fingerprint density at radius 2 is 1.88 bits per heavy atom. The van der Waals surface area contributed by atoms with E-state index >= 15 is 0 Å². The van der Waals surface area contributed by atoms with E-state index in [4.69, 9.17) is 23.2 Å². The Balaban J connectivity index is 2.35. The lowest BCUT2D eigenvalue weighted by Gasteiger charge is -2.25. The predicted octanol–water partition coefficient (Wildman–Crippen LogP) is 1.88. The summed E-state index contributed by atoms with van der Waals surface area (Å²) < 4.78 is 25.9. The molecule has 26 heavy (non-hydrogen) atoms.